The first-order chi connectivity index (χ1) is 9.66. The second-order valence-electron chi connectivity index (χ2n) is 6.72. The molecule has 1 aliphatic carbocycles. The third kappa shape index (κ3) is 1.95. The monoisotopic (exact) mass is 274 g/mol. The zero-order chi connectivity index (χ0) is 13.7. The molecule has 3 fully saturated rings. The van der Waals surface area contributed by atoms with Gasteiger partial charge in [0.05, 0.1) is 0 Å². The minimum Gasteiger partial charge on any atom is -0.335 e. The van der Waals surface area contributed by atoms with Crippen LogP contribution in [-0.2, 0) is 7.05 Å². The Morgan fingerprint density at radius 3 is 2.80 bits per heavy atom. The summed E-state index contributed by atoms with van der Waals surface area (Å²) in [5.74, 6) is 1.04. The lowest BCUT2D eigenvalue weighted by Crippen LogP contribution is -2.61. The Hall–Kier alpha value is -1.36. The molecule has 1 aromatic rings. The van der Waals surface area contributed by atoms with Gasteiger partial charge in [0.15, 0.2) is 0 Å². The first kappa shape index (κ1) is 12.4. The Morgan fingerprint density at radius 2 is 2.20 bits per heavy atom. The van der Waals surface area contributed by atoms with Crippen molar-refractivity contribution in [3.8, 4) is 0 Å². The van der Waals surface area contributed by atoms with E-state index in [-0.39, 0.29) is 5.91 Å². The minimum atomic E-state index is 0.0979. The summed E-state index contributed by atoms with van der Waals surface area (Å²) in [6.45, 7) is 4.26. The molecule has 108 valence electrons. The molecule has 5 heteroatoms. The molecule has 3 heterocycles. The van der Waals surface area contributed by atoms with Gasteiger partial charge in [-0.3, -0.25) is 14.4 Å². The summed E-state index contributed by atoms with van der Waals surface area (Å²) in [6, 6.07) is 1.82. The fourth-order valence-corrected chi connectivity index (χ4v) is 3.67. The Balaban J connectivity index is 1.43. The van der Waals surface area contributed by atoms with E-state index < -0.39 is 0 Å². The Morgan fingerprint density at radius 1 is 1.40 bits per heavy atom. The van der Waals surface area contributed by atoms with Crippen LogP contribution in [-0.4, -0.2) is 57.2 Å². The second kappa shape index (κ2) is 4.32. The molecule has 5 nitrogen and oxygen atoms in total. The third-order valence-corrected chi connectivity index (χ3v) is 5.25. The average molecular weight is 274 g/mol. The highest BCUT2D eigenvalue weighted by molar-refractivity contribution is 5.92. The summed E-state index contributed by atoms with van der Waals surface area (Å²) in [5, 5.41) is 4.24. The van der Waals surface area contributed by atoms with Gasteiger partial charge in [0.2, 0.25) is 0 Å². The molecule has 1 atom stereocenters. The van der Waals surface area contributed by atoms with Gasteiger partial charge in [0.25, 0.3) is 5.91 Å². The molecule has 2 saturated heterocycles. The van der Waals surface area contributed by atoms with Gasteiger partial charge in [-0.2, -0.15) is 5.10 Å². The topological polar surface area (TPSA) is 41.4 Å². The summed E-state index contributed by atoms with van der Waals surface area (Å²) < 4.78 is 1.70. The van der Waals surface area contributed by atoms with Crippen LogP contribution in [0.15, 0.2) is 12.3 Å². The average Bonchev–Trinajstić information content (AvgIpc) is 2.96. The van der Waals surface area contributed by atoms with Gasteiger partial charge in [-0.15, -0.1) is 0 Å². The largest absolute Gasteiger partial charge is 0.335 e. The zero-order valence-corrected chi connectivity index (χ0v) is 12.1. The molecule has 0 aromatic carbocycles. The lowest BCUT2D eigenvalue weighted by atomic mass is 9.83. The van der Waals surface area contributed by atoms with E-state index in [1.165, 1.54) is 32.4 Å². The van der Waals surface area contributed by atoms with E-state index in [2.05, 4.69) is 10.00 Å². The predicted molar refractivity (Wildman–Crippen MR) is 75.4 cm³/mol. The van der Waals surface area contributed by atoms with Crippen LogP contribution >= 0.6 is 0 Å². The van der Waals surface area contributed by atoms with Gasteiger partial charge in [-0.25, -0.2) is 0 Å². The summed E-state index contributed by atoms with van der Waals surface area (Å²) in [7, 11) is 1.85. The molecule has 0 radical (unpaired) electrons. The van der Waals surface area contributed by atoms with Crippen molar-refractivity contribution < 1.29 is 4.79 Å². The number of hydrogen-bond acceptors (Lipinski definition) is 3. The van der Waals surface area contributed by atoms with Gasteiger partial charge in [-0.1, -0.05) is 0 Å². The van der Waals surface area contributed by atoms with Crippen LogP contribution in [0.2, 0.25) is 0 Å². The number of amides is 1. The lowest BCUT2D eigenvalue weighted by molar-refractivity contribution is -0.00935. The van der Waals surface area contributed by atoms with Gasteiger partial charge < -0.3 is 4.90 Å². The van der Waals surface area contributed by atoms with Crippen LogP contribution in [0.25, 0.3) is 0 Å². The van der Waals surface area contributed by atoms with Crippen molar-refractivity contribution in [1.29, 1.82) is 0 Å². The molecule has 1 saturated carbocycles. The van der Waals surface area contributed by atoms with Crippen LogP contribution < -0.4 is 0 Å². The summed E-state index contributed by atoms with van der Waals surface area (Å²) in [6.07, 6.45) is 7.04. The van der Waals surface area contributed by atoms with Crippen LogP contribution in [0.1, 0.15) is 36.2 Å². The molecule has 0 unspecified atom stereocenters. The van der Waals surface area contributed by atoms with Crippen molar-refractivity contribution in [3.05, 3.63) is 18.0 Å². The quantitative estimate of drug-likeness (QED) is 0.829. The fourth-order valence-electron chi connectivity index (χ4n) is 3.67. The Labute approximate surface area is 119 Å². The number of hydrogen-bond donors (Lipinski definition) is 0. The van der Waals surface area contributed by atoms with Crippen LogP contribution in [0.5, 0.6) is 0 Å². The van der Waals surface area contributed by atoms with Gasteiger partial charge >= 0.3 is 0 Å². The normalized spacial score (nSPS) is 29.9. The number of likely N-dealkylation sites (tertiary alicyclic amines) is 2. The molecule has 3 aliphatic rings. The van der Waals surface area contributed by atoms with Crippen molar-refractivity contribution in [1.82, 2.24) is 19.6 Å². The standard InChI is InChI=1S/C15H22N4O/c1-17-7-4-13(16-17)14(20)18-8-5-15(11-18)6-9-19(15)10-12-2-3-12/h4,7,12H,2-3,5-6,8-11H2,1H3/t15-/m1/s1. The Bertz CT molecular complexity index is 536. The number of rotatable bonds is 3. The van der Waals surface area contributed by atoms with Crippen LogP contribution in [0, 0.1) is 5.92 Å². The number of carbonyl (C=O) groups is 1. The molecule has 20 heavy (non-hydrogen) atoms. The molecular weight excluding hydrogens is 252 g/mol. The fraction of sp³-hybridized carbons (Fsp3) is 0.733. The molecule has 0 bridgehead atoms. The van der Waals surface area contributed by atoms with Crippen LogP contribution in [0.3, 0.4) is 0 Å². The molecule has 1 aromatic heterocycles. The van der Waals surface area contributed by atoms with Gasteiger partial charge in [-0.05, 0) is 37.7 Å². The van der Waals surface area contributed by atoms with E-state index in [1.54, 1.807) is 4.68 Å². The smallest absolute Gasteiger partial charge is 0.274 e. The number of nitrogens with zero attached hydrogens (tertiary/aromatic N) is 4. The summed E-state index contributed by atoms with van der Waals surface area (Å²) in [5.41, 5.74) is 0.880. The van der Waals surface area contributed by atoms with E-state index in [1.807, 2.05) is 24.2 Å². The van der Waals surface area contributed by atoms with Gasteiger partial charge in [0.1, 0.15) is 5.69 Å². The van der Waals surface area contributed by atoms with E-state index in [0.29, 0.717) is 11.2 Å². The van der Waals surface area contributed by atoms with E-state index in [4.69, 9.17) is 0 Å². The third-order valence-electron chi connectivity index (χ3n) is 5.25. The summed E-state index contributed by atoms with van der Waals surface area (Å²) >= 11 is 0. The molecule has 2 aliphatic heterocycles. The first-order valence-electron chi connectivity index (χ1n) is 7.70. The maximum Gasteiger partial charge on any atom is 0.274 e. The molecule has 0 N–H and O–H groups in total. The predicted octanol–water partition coefficient (Wildman–Crippen LogP) is 1.12. The van der Waals surface area contributed by atoms with E-state index in [9.17, 15) is 4.79 Å². The number of carbonyl (C=O) groups excluding carboxylic acids is 1. The number of aromatic nitrogens is 2. The SMILES string of the molecule is Cn1ccc(C(=O)N2CC[C@@]3(CCN3CC3CC3)C2)n1. The van der Waals surface area contributed by atoms with Crippen molar-refractivity contribution in [2.75, 3.05) is 26.2 Å². The maximum absolute atomic E-state index is 12.5. The first-order valence-corrected chi connectivity index (χ1v) is 7.70. The van der Waals surface area contributed by atoms with Crippen molar-refractivity contribution >= 4 is 5.91 Å². The highest BCUT2D eigenvalue weighted by Gasteiger charge is 2.51. The summed E-state index contributed by atoms with van der Waals surface area (Å²) in [4.78, 5) is 17.1. The zero-order valence-electron chi connectivity index (χ0n) is 12.1. The lowest BCUT2D eigenvalue weighted by Gasteiger charge is -2.51. The van der Waals surface area contributed by atoms with Crippen molar-refractivity contribution in [2.24, 2.45) is 13.0 Å². The highest BCUT2D eigenvalue weighted by Crippen LogP contribution is 2.42. The molecule has 1 spiro atoms. The molecule has 4 rings (SSSR count). The number of aryl methyl sites for hydroxylation is 1. The highest BCUT2D eigenvalue weighted by atomic mass is 16.2. The molecule has 1 amide bonds. The van der Waals surface area contributed by atoms with E-state index >= 15 is 0 Å². The van der Waals surface area contributed by atoms with Gasteiger partial charge in [0, 0.05) is 45.0 Å². The van der Waals surface area contributed by atoms with E-state index in [0.717, 1.165) is 25.4 Å². The maximum atomic E-state index is 12.5. The van der Waals surface area contributed by atoms with Crippen molar-refractivity contribution in [2.45, 2.75) is 31.2 Å². The van der Waals surface area contributed by atoms with Crippen LogP contribution in [0.4, 0.5) is 0 Å². The minimum absolute atomic E-state index is 0.0979. The Kier molecular flexibility index (Phi) is 2.67. The second-order valence-corrected chi connectivity index (χ2v) is 6.72. The molecular formula is C15H22N4O. The van der Waals surface area contributed by atoms with Crippen molar-refractivity contribution in [3.63, 3.8) is 0 Å².